The van der Waals surface area contributed by atoms with Crippen molar-refractivity contribution in [3.8, 4) is 11.5 Å². The zero-order valence-corrected chi connectivity index (χ0v) is 20.5. The number of ether oxygens (including phenoxy) is 1. The third-order valence-electron chi connectivity index (χ3n) is 6.11. The molecule has 9 heteroatoms. The number of halogens is 1. The van der Waals surface area contributed by atoms with Crippen molar-refractivity contribution in [1.29, 1.82) is 0 Å². The fourth-order valence-electron chi connectivity index (χ4n) is 4.49. The number of rotatable bonds is 6. The predicted molar refractivity (Wildman–Crippen MR) is 138 cm³/mol. The van der Waals surface area contributed by atoms with Gasteiger partial charge in [-0.1, -0.05) is 48.6 Å². The second-order valence-corrected chi connectivity index (χ2v) is 9.65. The molecule has 0 spiro atoms. The number of hydrogen-bond donors (Lipinski definition) is 0. The summed E-state index contributed by atoms with van der Waals surface area (Å²) < 4.78 is 26.0. The van der Waals surface area contributed by atoms with E-state index in [9.17, 15) is 14.0 Å². The average molecular weight is 514 g/mol. The first kappa shape index (κ1) is 23.1. The monoisotopic (exact) mass is 513 g/mol. The van der Waals surface area contributed by atoms with Crippen molar-refractivity contribution in [2.45, 2.75) is 25.8 Å². The zero-order valence-electron chi connectivity index (χ0n) is 19.7. The maximum absolute atomic E-state index is 14.1. The molecule has 2 aromatic heterocycles. The molecular weight excluding hydrogens is 493 g/mol. The normalized spacial score (nSPS) is 14.8. The molecule has 6 rings (SSSR count). The number of para-hydroxylation sites is 1. The lowest BCUT2D eigenvalue weighted by Gasteiger charge is -2.22. The molecule has 0 N–H and O–H groups in total. The first-order valence-electron chi connectivity index (χ1n) is 11.8. The summed E-state index contributed by atoms with van der Waals surface area (Å²) in [6.07, 6.45) is 1.60. The Kier molecular flexibility index (Phi) is 5.77. The maximum Gasteiger partial charge on any atom is 0.297 e. The Hall–Kier alpha value is -4.37. The lowest BCUT2D eigenvalue weighted by molar-refractivity contribution is 0.0970. The molecule has 1 amide bonds. The van der Waals surface area contributed by atoms with E-state index >= 15 is 0 Å². The number of benzene rings is 3. The summed E-state index contributed by atoms with van der Waals surface area (Å²) in [5.41, 5.74) is 0.427. The molecule has 1 aliphatic rings. The van der Waals surface area contributed by atoms with Gasteiger partial charge in [-0.2, -0.15) is 0 Å². The molecule has 5 aromatic rings. The van der Waals surface area contributed by atoms with Crippen LogP contribution >= 0.6 is 11.3 Å². The van der Waals surface area contributed by atoms with Crippen LogP contribution in [0, 0.1) is 5.82 Å². The molecule has 1 aliphatic heterocycles. The highest BCUT2D eigenvalue weighted by Crippen LogP contribution is 2.43. The van der Waals surface area contributed by atoms with Gasteiger partial charge in [0.15, 0.2) is 5.43 Å². The van der Waals surface area contributed by atoms with Gasteiger partial charge in [0, 0.05) is 6.42 Å². The summed E-state index contributed by atoms with van der Waals surface area (Å²) in [7, 11) is 0. The van der Waals surface area contributed by atoms with Crippen LogP contribution in [-0.4, -0.2) is 16.1 Å². The Bertz CT molecular complexity index is 1700. The molecule has 1 atom stereocenters. The van der Waals surface area contributed by atoms with Crippen LogP contribution in [0.25, 0.3) is 11.0 Å². The van der Waals surface area contributed by atoms with E-state index in [1.54, 1.807) is 24.3 Å². The number of hydrogen-bond acceptors (Lipinski definition) is 7. The van der Waals surface area contributed by atoms with Crippen LogP contribution in [0.1, 0.15) is 46.1 Å². The van der Waals surface area contributed by atoms with Gasteiger partial charge in [0.05, 0.1) is 17.0 Å². The van der Waals surface area contributed by atoms with E-state index in [0.717, 1.165) is 23.9 Å². The minimum absolute atomic E-state index is 0.0685. The molecule has 37 heavy (non-hydrogen) atoms. The Morgan fingerprint density at radius 3 is 2.62 bits per heavy atom. The van der Waals surface area contributed by atoms with E-state index in [2.05, 4.69) is 10.2 Å². The Balaban J connectivity index is 1.53. The van der Waals surface area contributed by atoms with E-state index in [-0.39, 0.29) is 22.3 Å². The first-order chi connectivity index (χ1) is 18.0. The summed E-state index contributed by atoms with van der Waals surface area (Å²) in [4.78, 5) is 28.8. The minimum Gasteiger partial charge on any atom is -0.457 e. The van der Waals surface area contributed by atoms with Gasteiger partial charge in [0.1, 0.15) is 27.9 Å². The van der Waals surface area contributed by atoms with Crippen LogP contribution in [-0.2, 0) is 6.42 Å². The molecule has 0 saturated heterocycles. The highest BCUT2D eigenvalue weighted by Gasteiger charge is 2.45. The summed E-state index contributed by atoms with van der Waals surface area (Å²) in [6, 6.07) is 19.3. The molecule has 184 valence electrons. The van der Waals surface area contributed by atoms with Crippen molar-refractivity contribution in [3.63, 3.8) is 0 Å². The number of carbonyl (C=O) groups excluding carboxylic acids is 1. The van der Waals surface area contributed by atoms with Gasteiger partial charge in [-0.25, -0.2) is 4.39 Å². The van der Waals surface area contributed by atoms with Gasteiger partial charge in [-0.3, -0.25) is 14.5 Å². The summed E-state index contributed by atoms with van der Waals surface area (Å²) in [6.45, 7) is 2.03. The quantitative estimate of drug-likeness (QED) is 0.266. The van der Waals surface area contributed by atoms with Crippen molar-refractivity contribution in [2.75, 3.05) is 4.90 Å². The highest BCUT2D eigenvalue weighted by atomic mass is 32.1. The first-order valence-corrected chi connectivity index (χ1v) is 12.6. The molecular formula is C28H20FN3O4S. The molecule has 0 radical (unpaired) electrons. The van der Waals surface area contributed by atoms with Gasteiger partial charge >= 0.3 is 0 Å². The van der Waals surface area contributed by atoms with Gasteiger partial charge in [0.25, 0.3) is 5.91 Å². The third-order valence-corrected chi connectivity index (χ3v) is 7.09. The van der Waals surface area contributed by atoms with Crippen molar-refractivity contribution in [3.05, 3.63) is 111 Å². The standard InChI is InChI=1S/C28H20FN3O4S/c1-2-7-22-30-31-28(37-22)32-24(16-8-6-11-19(14-16)35-18-9-4-3-5-10-18)23-25(33)20-15-17(29)12-13-21(20)36-26(23)27(32)34/h3-6,8-15,24H,2,7H2,1H3. The minimum atomic E-state index is -0.854. The number of anilines is 1. The molecule has 0 bridgehead atoms. The van der Waals surface area contributed by atoms with Gasteiger partial charge in [-0.15, -0.1) is 10.2 Å². The zero-order chi connectivity index (χ0) is 25.5. The van der Waals surface area contributed by atoms with Crippen molar-refractivity contribution >= 4 is 33.3 Å². The van der Waals surface area contributed by atoms with Crippen molar-refractivity contribution < 1.29 is 18.3 Å². The van der Waals surface area contributed by atoms with Crippen LogP contribution in [0.5, 0.6) is 11.5 Å². The smallest absolute Gasteiger partial charge is 0.297 e. The Labute approximate surface area is 214 Å². The molecule has 3 heterocycles. The van der Waals surface area contributed by atoms with Crippen molar-refractivity contribution in [2.24, 2.45) is 0 Å². The fourth-order valence-corrected chi connectivity index (χ4v) is 5.45. The average Bonchev–Trinajstić information content (AvgIpc) is 3.48. The van der Waals surface area contributed by atoms with Crippen LogP contribution in [0.15, 0.2) is 82.0 Å². The Morgan fingerprint density at radius 1 is 1.00 bits per heavy atom. The van der Waals surface area contributed by atoms with Crippen molar-refractivity contribution in [1.82, 2.24) is 10.2 Å². The van der Waals surface area contributed by atoms with E-state index in [1.165, 1.54) is 28.4 Å². The topological polar surface area (TPSA) is 85.5 Å². The van der Waals surface area contributed by atoms with Crippen LogP contribution in [0.2, 0.25) is 0 Å². The van der Waals surface area contributed by atoms with E-state index < -0.39 is 23.2 Å². The van der Waals surface area contributed by atoms with Crippen LogP contribution in [0.3, 0.4) is 0 Å². The van der Waals surface area contributed by atoms with Gasteiger partial charge in [-0.05, 0) is 54.4 Å². The van der Waals surface area contributed by atoms with Gasteiger partial charge in [0.2, 0.25) is 10.9 Å². The number of carbonyl (C=O) groups is 1. The van der Waals surface area contributed by atoms with Crippen LogP contribution < -0.4 is 15.1 Å². The lowest BCUT2D eigenvalue weighted by Crippen LogP contribution is -2.29. The SMILES string of the molecule is CCCc1nnc(N2C(=O)c3oc4ccc(F)cc4c(=O)c3C2c2cccc(Oc3ccccc3)c2)s1. The van der Waals surface area contributed by atoms with E-state index in [4.69, 9.17) is 9.15 Å². The fraction of sp³-hybridized carbons (Fsp3) is 0.143. The largest absolute Gasteiger partial charge is 0.457 e. The van der Waals surface area contributed by atoms with Crippen LogP contribution in [0.4, 0.5) is 9.52 Å². The predicted octanol–water partition coefficient (Wildman–Crippen LogP) is 6.28. The van der Waals surface area contributed by atoms with E-state index in [0.29, 0.717) is 22.2 Å². The summed E-state index contributed by atoms with van der Waals surface area (Å²) in [5.74, 6) is 0.0233. The number of fused-ring (bicyclic) bond motifs is 2. The van der Waals surface area contributed by atoms with Gasteiger partial charge < -0.3 is 9.15 Å². The summed E-state index contributed by atoms with van der Waals surface area (Å²) >= 11 is 1.29. The Morgan fingerprint density at radius 2 is 1.81 bits per heavy atom. The third kappa shape index (κ3) is 4.07. The molecule has 0 aliphatic carbocycles. The molecule has 7 nitrogen and oxygen atoms in total. The summed E-state index contributed by atoms with van der Waals surface area (Å²) in [5, 5.41) is 9.71. The van der Waals surface area contributed by atoms with E-state index in [1.807, 2.05) is 37.3 Å². The second kappa shape index (κ2) is 9.25. The molecule has 0 saturated carbocycles. The molecule has 3 aromatic carbocycles. The number of aryl methyl sites for hydroxylation is 1. The molecule has 0 fully saturated rings. The number of aromatic nitrogens is 2. The number of nitrogens with zero attached hydrogens (tertiary/aromatic N) is 3. The lowest BCUT2D eigenvalue weighted by atomic mass is 9.98. The number of amides is 1. The highest BCUT2D eigenvalue weighted by molar-refractivity contribution is 7.15. The molecule has 1 unspecified atom stereocenters. The maximum atomic E-state index is 14.1. The second-order valence-electron chi connectivity index (χ2n) is 8.61.